The van der Waals surface area contributed by atoms with Gasteiger partial charge in [-0.2, -0.15) is 0 Å². The first kappa shape index (κ1) is 15.0. The second-order valence-electron chi connectivity index (χ2n) is 5.07. The smallest absolute Gasteiger partial charge is 0.270 e. The highest BCUT2D eigenvalue weighted by Crippen LogP contribution is 2.36. The van der Waals surface area contributed by atoms with E-state index in [2.05, 4.69) is 20.9 Å². The number of nitro benzene ring substituents is 1. The molecule has 0 unspecified atom stereocenters. The maximum Gasteiger partial charge on any atom is 0.270 e. The maximum atomic E-state index is 10.8. The van der Waals surface area contributed by atoms with Crippen molar-refractivity contribution in [2.45, 2.75) is 0 Å². The van der Waals surface area contributed by atoms with E-state index in [9.17, 15) is 10.1 Å². The molecule has 118 valence electrons. The van der Waals surface area contributed by atoms with Gasteiger partial charge in [0.1, 0.15) is 5.76 Å². The monoisotopic (exact) mass is 400 g/mol. The second kappa shape index (κ2) is 5.85. The van der Waals surface area contributed by atoms with Crippen molar-refractivity contribution in [3.8, 4) is 22.1 Å². The number of hydrogen-bond acceptors (Lipinski definition) is 5. The number of nitrogens with zero attached hydrogens (tertiary/aromatic N) is 2. The van der Waals surface area contributed by atoms with Crippen LogP contribution in [0.25, 0.3) is 32.3 Å². The number of non-ortho nitro benzene ring substituents is 1. The minimum Gasteiger partial charge on any atom is -0.454 e. The van der Waals surface area contributed by atoms with E-state index in [1.165, 1.54) is 12.1 Å². The number of benzene rings is 2. The van der Waals surface area contributed by atoms with Crippen LogP contribution in [0.4, 0.5) is 5.69 Å². The third-order valence-electron chi connectivity index (χ3n) is 3.54. The SMILES string of the molecule is O=[N+]([O-])c1ccc(-c2ccc(-c3nc4ccccc4s3)o2)c(Br)c1. The number of furan rings is 1. The predicted molar refractivity (Wildman–Crippen MR) is 97.1 cm³/mol. The molecule has 2 heterocycles. The van der Waals surface area contributed by atoms with E-state index in [0.29, 0.717) is 16.0 Å². The van der Waals surface area contributed by atoms with Crippen LogP contribution < -0.4 is 0 Å². The van der Waals surface area contributed by atoms with Crippen molar-refractivity contribution in [2.24, 2.45) is 0 Å². The van der Waals surface area contributed by atoms with Crippen LogP contribution in [0.1, 0.15) is 0 Å². The Morgan fingerprint density at radius 2 is 1.88 bits per heavy atom. The number of nitro groups is 1. The molecule has 0 atom stereocenters. The van der Waals surface area contributed by atoms with Crippen molar-refractivity contribution in [1.29, 1.82) is 0 Å². The van der Waals surface area contributed by atoms with Gasteiger partial charge in [-0.15, -0.1) is 11.3 Å². The van der Waals surface area contributed by atoms with Gasteiger partial charge in [0.2, 0.25) is 0 Å². The molecule has 4 rings (SSSR count). The fourth-order valence-electron chi connectivity index (χ4n) is 2.39. The molecule has 4 aromatic rings. The van der Waals surface area contributed by atoms with Crippen molar-refractivity contribution in [3.05, 3.63) is 69.2 Å². The Balaban J connectivity index is 1.73. The fraction of sp³-hybridized carbons (Fsp3) is 0. The molecule has 0 amide bonds. The maximum absolute atomic E-state index is 10.8. The van der Waals surface area contributed by atoms with Crippen LogP contribution >= 0.6 is 27.3 Å². The number of thiazole rings is 1. The average molecular weight is 401 g/mol. The highest BCUT2D eigenvalue weighted by Gasteiger charge is 2.15. The average Bonchev–Trinajstić information content (AvgIpc) is 3.21. The number of hydrogen-bond donors (Lipinski definition) is 0. The number of fused-ring (bicyclic) bond motifs is 1. The van der Waals surface area contributed by atoms with E-state index in [-0.39, 0.29) is 5.69 Å². The van der Waals surface area contributed by atoms with Crippen LogP contribution in [0.2, 0.25) is 0 Å². The zero-order valence-electron chi connectivity index (χ0n) is 12.1. The Kier molecular flexibility index (Phi) is 3.66. The molecule has 0 saturated carbocycles. The van der Waals surface area contributed by atoms with Crippen molar-refractivity contribution in [3.63, 3.8) is 0 Å². The van der Waals surface area contributed by atoms with Crippen molar-refractivity contribution >= 4 is 43.2 Å². The van der Waals surface area contributed by atoms with Crippen LogP contribution in [0, 0.1) is 10.1 Å². The number of halogens is 1. The molecular weight excluding hydrogens is 392 g/mol. The molecule has 0 radical (unpaired) electrons. The normalized spacial score (nSPS) is 11.0. The summed E-state index contributed by atoms with van der Waals surface area (Å²) in [7, 11) is 0. The molecule has 5 nitrogen and oxygen atoms in total. The minimum atomic E-state index is -0.427. The van der Waals surface area contributed by atoms with E-state index in [1.807, 2.05) is 36.4 Å². The largest absolute Gasteiger partial charge is 0.454 e. The van der Waals surface area contributed by atoms with E-state index in [4.69, 9.17) is 4.42 Å². The summed E-state index contributed by atoms with van der Waals surface area (Å²) in [6.45, 7) is 0. The lowest BCUT2D eigenvalue weighted by Crippen LogP contribution is -1.88. The number of para-hydroxylation sites is 1. The van der Waals surface area contributed by atoms with Crippen molar-refractivity contribution in [2.75, 3.05) is 0 Å². The summed E-state index contributed by atoms with van der Waals surface area (Å²) in [4.78, 5) is 15.0. The van der Waals surface area contributed by atoms with Crippen LogP contribution in [0.5, 0.6) is 0 Å². The van der Waals surface area contributed by atoms with E-state index in [0.717, 1.165) is 20.8 Å². The quantitative estimate of drug-likeness (QED) is 0.317. The molecule has 0 bridgehead atoms. The van der Waals surface area contributed by atoms with Crippen molar-refractivity contribution in [1.82, 2.24) is 4.98 Å². The van der Waals surface area contributed by atoms with Gasteiger partial charge in [0.15, 0.2) is 10.8 Å². The first-order chi connectivity index (χ1) is 11.6. The first-order valence-electron chi connectivity index (χ1n) is 7.02. The molecule has 0 aliphatic rings. The van der Waals surface area contributed by atoms with Crippen LogP contribution in [-0.2, 0) is 0 Å². The molecule has 2 aromatic carbocycles. The van der Waals surface area contributed by atoms with E-state index < -0.39 is 4.92 Å². The lowest BCUT2D eigenvalue weighted by molar-refractivity contribution is -0.384. The molecule has 0 spiro atoms. The molecule has 0 aliphatic heterocycles. The molecule has 0 saturated heterocycles. The highest BCUT2D eigenvalue weighted by molar-refractivity contribution is 9.10. The Labute approximate surface area is 148 Å². The summed E-state index contributed by atoms with van der Waals surface area (Å²) in [5, 5.41) is 11.6. The molecule has 7 heteroatoms. The predicted octanol–water partition coefficient (Wildman–Crippen LogP) is 5.89. The lowest BCUT2D eigenvalue weighted by atomic mass is 10.1. The summed E-state index contributed by atoms with van der Waals surface area (Å²) >= 11 is 4.93. The lowest BCUT2D eigenvalue weighted by Gasteiger charge is -2.00. The third kappa shape index (κ3) is 2.61. The summed E-state index contributed by atoms with van der Waals surface area (Å²) in [5.74, 6) is 1.31. The van der Waals surface area contributed by atoms with Crippen molar-refractivity contribution < 1.29 is 9.34 Å². The first-order valence-corrected chi connectivity index (χ1v) is 8.63. The third-order valence-corrected chi connectivity index (χ3v) is 5.25. The number of aromatic nitrogens is 1. The standard InChI is InChI=1S/C17H9BrN2O3S/c18-12-9-10(20(21)22)5-6-11(12)14-7-8-15(23-14)17-19-13-3-1-2-4-16(13)24-17/h1-9H. The fourth-order valence-corrected chi connectivity index (χ4v) is 3.88. The number of rotatable bonds is 3. The Bertz CT molecular complexity index is 1040. The summed E-state index contributed by atoms with van der Waals surface area (Å²) < 4.78 is 7.63. The van der Waals surface area contributed by atoms with Crippen LogP contribution in [0.3, 0.4) is 0 Å². The summed E-state index contributed by atoms with van der Waals surface area (Å²) in [6.07, 6.45) is 0. The van der Waals surface area contributed by atoms with Gasteiger partial charge in [-0.3, -0.25) is 10.1 Å². The van der Waals surface area contributed by atoms with Crippen LogP contribution in [-0.4, -0.2) is 9.91 Å². The molecule has 2 aromatic heterocycles. The van der Waals surface area contributed by atoms with Crippen LogP contribution in [0.15, 0.2) is 63.5 Å². The topological polar surface area (TPSA) is 69.2 Å². The summed E-state index contributed by atoms with van der Waals surface area (Å²) in [5.41, 5.74) is 1.73. The van der Waals surface area contributed by atoms with Gasteiger partial charge in [-0.25, -0.2) is 4.98 Å². The van der Waals surface area contributed by atoms with E-state index >= 15 is 0 Å². The molecule has 0 N–H and O–H groups in total. The van der Waals surface area contributed by atoms with Gasteiger partial charge in [0.25, 0.3) is 5.69 Å². The van der Waals surface area contributed by atoms with Gasteiger partial charge in [-0.1, -0.05) is 12.1 Å². The zero-order valence-corrected chi connectivity index (χ0v) is 14.5. The Morgan fingerprint density at radius 1 is 1.08 bits per heavy atom. The molecule has 0 aliphatic carbocycles. The van der Waals surface area contributed by atoms with E-state index in [1.54, 1.807) is 17.4 Å². The van der Waals surface area contributed by atoms with Gasteiger partial charge in [0.05, 0.1) is 15.1 Å². The van der Waals surface area contributed by atoms with Gasteiger partial charge in [0, 0.05) is 22.2 Å². The minimum absolute atomic E-state index is 0.0311. The zero-order chi connectivity index (χ0) is 16.7. The Hall–Kier alpha value is -2.51. The van der Waals surface area contributed by atoms with Gasteiger partial charge < -0.3 is 4.42 Å². The van der Waals surface area contributed by atoms with Gasteiger partial charge in [-0.05, 0) is 46.3 Å². The summed E-state index contributed by atoms with van der Waals surface area (Å²) in [6, 6.07) is 16.2. The molecule has 0 fully saturated rings. The Morgan fingerprint density at radius 3 is 2.62 bits per heavy atom. The van der Waals surface area contributed by atoms with Gasteiger partial charge >= 0.3 is 0 Å². The highest BCUT2D eigenvalue weighted by atomic mass is 79.9. The second-order valence-corrected chi connectivity index (χ2v) is 6.96. The molecular formula is C17H9BrN2O3S. The molecule has 24 heavy (non-hydrogen) atoms.